The minimum absolute atomic E-state index is 0.0766. The Morgan fingerprint density at radius 2 is 1.97 bits per heavy atom. The van der Waals surface area contributed by atoms with Crippen molar-refractivity contribution in [1.82, 2.24) is 24.6 Å². The molecule has 0 spiro atoms. The van der Waals surface area contributed by atoms with Crippen LogP contribution < -0.4 is 16.6 Å². The number of nitrogens with one attached hydrogen (secondary N) is 1. The van der Waals surface area contributed by atoms with Gasteiger partial charge in [0.15, 0.2) is 5.82 Å². The molecule has 0 unspecified atom stereocenters. The predicted octanol–water partition coefficient (Wildman–Crippen LogP) is 2.95. The van der Waals surface area contributed by atoms with Gasteiger partial charge in [-0.05, 0) is 49.7 Å². The third-order valence-corrected chi connectivity index (χ3v) is 6.94. The topological polar surface area (TPSA) is 95.0 Å². The van der Waals surface area contributed by atoms with Crippen LogP contribution >= 0.6 is 11.3 Å². The Morgan fingerprint density at radius 1 is 1.22 bits per heavy atom. The van der Waals surface area contributed by atoms with E-state index < -0.39 is 0 Å². The molecule has 1 aromatic carbocycles. The van der Waals surface area contributed by atoms with Crippen molar-refractivity contribution in [1.29, 1.82) is 0 Å². The van der Waals surface area contributed by atoms with Crippen molar-refractivity contribution in [2.24, 2.45) is 0 Å². The molecule has 1 fully saturated rings. The summed E-state index contributed by atoms with van der Waals surface area (Å²) < 4.78 is 22.1. The van der Waals surface area contributed by atoms with Gasteiger partial charge in [-0.15, -0.1) is 11.3 Å². The lowest BCUT2D eigenvalue weighted by molar-refractivity contribution is 0.338. The van der Waals surface area contributed by atoms with Gasteiger partial charge in [0.2, 0.25) is 5.89 Å². The van der Waals surface area contributed by atoms with E-state index >= 15 is 0 Å². The zero-order valence-corrected chi connectivity index (χ0v) is 18.3. The monoisotopic (exact) mass is 455 g/mol. The number of piperidine rings is 1. The van der Waals surface area contributed by atoms with Gasteiger partial charge in [0, 0.05) is 17.3 Å². The number of thiophene rings is 1. The highest BCUT2D eigenvalue weighted by atomic mass is 32.1. The lowest BCUT2D eigenvalue weighted by atomic mass is 10.1. The quantitative estimate of drug-likeness (QED) is 0.497. The molecule has 10 heteroatoms. The van der Waals surface area contributed by atoms with Gasteiger partial charge in [-0.2, -0.15) is 4.98 Å². The number of fused-ring (bicyclic) bond motifs is 1. The summed E-state index contributed by atoms with van der Waals surface area (Å²) in [6, 6.07) is 7.73. The third-order valence-electron chi connectivity index (χ3n) is 5.78. The number of aromatic nitrogens is 4. The maximum Gasteiger partial charge on any atom is 0.332 e. The van der Waals surface area contributed by atoms with E-state index in [9.17, 15) is 14.0 Å². The molecule has 0 aliphatic carbocycles. The summed E-state index contributed by atoms with van der Waals surface area (Å²) in [6.45, 7) is 3.50. The second-order valence-electron chi connectivity index (χ2n) is 7.81. The van der Waals surface area contributed by atoms with E-state index in [2.05, 4.69) is 15.5 Å². The Bertz CT molecular complexity index is 1380. The van der Waals surface area contributed by atoms with Gasteiger partial charge in [-0.25, -0.2) is 9.18 Å². The lowest BCUT2D eigenvalue weighted by Crippen LogP contribution is -2.45. The first-order chi connectivity index (χ1) is 15.5. The summed E-state index contributed by atoms with van der Waals surface area (Å²) in [5.41, 5.74) is 0.636. The van der Waals surface area contributed by atoms with Crippen LogP contribution in [-0.2, 0) is 13.0 Å². The molecule has 1 aliphatic rings. The fourth-order valence-electron chi connectivity index (χ4n) is 4.09. The molecule has 4 aromatic rings. The molecule has 32 heavy (non-hydrogen) atoms. The zero-order valence-electron chi connectivity index (χ0n) is 17.5. The predicted molar refractivity (Wildman–Crippen MR) is 120 cm³/mol. The fourth-order valence-corrected chi connectivity index (χ4v) is 5.20. The molecular weight excluding hydrogens is 433 g/mol. The van der Waals surface area contributed by atoms with Crippen LogP contribution in [0.1, 0.15) is 37.5 Å². The van der Waals surface area contributed by atoms with Crippen LogP contribution in [-0.4, -0.2) is 32.4 Å². The molecular formula is C22H22FN5O3S. The highest BCUT2D eigenvalue weighted by Gasteiger charge is 2.24. The van der Waals surface area contributed by atoms with Gasteiger partial charge in [-0.1, -0.05) is 24.2 Å². The van der Waals surface area contributed by atoms with Crippen molar-refractivity contribution in [2.45, 2.75) is 38.8 Å². The minimum atomic E-state index is -0.380. The first-order valence-corrected chi connectivity index (χ1v) is 11.4. The van der Waals surface area contributed by atoms with E-state index in [0.29, 0.717) is 41.2 Å². The highest BCUT2D eigenvalue weighted by Crippen LogP contribution is 2.32. The molecule has 0 bridgehead atoms. The summed E-state index contributed by atoms with van der Waals surface area (Å²) in [5.74, 6) is 0.548. The summed E-state index contributed by atoms with van der Waals surface area (Å²) in [5, 5.41) is 7.19. The summed E-state index contributed by atoms with van der Waals surface area (Å²) in [4.78, 5) is 32.1. The van der Waals surface area contributed by atoms with Gasteiger partial charge in [0.05, 0.1) is 5.52 Å². The standard InChI is InChI=1S/C22H22FN5O3S/c1-2-18-25-19(31-26-18)12-27-16-11-17(13-3-5-14(23)6-4-13)32-20(16)21(29)28(22(27)30)15-7-9-24-10-8-15/h3-6,11,15,24H,2,7-10,12H2,1H3. The van der Waals surface area contributed by atoms with E-state index in [0.717, 1.165) is 23.5 Å². The number of halogens is 1. The molecule has 0 saturated carbocycles. The van der Waals surface area contributed by atoms with Crippen molar-refractivity contribution in [2.75, 3.05) is 13.1 Å². The number of hydrogen-bond donors (Lipinski definition) is 1. The number of benzene rings is 1. The van der Waals surface area contributed by atoms with E-state index in [4.69, 9.17) is 4.52 Å². The number of aryl methyl sites for hydroxylation is 1. The number of nitrogens with zero attached hydrogens (tertiary/aromatic N) is 4. The third kappa shape index (κ3) is 3.69. The van der Waals surface area contributed by atoms with Crippen LogP contribution in [0.3, 0.4) is 0 Å². The van der Waals surface area contributed by atoms with Gasteiger partial charge in [0.25, 0.3) is 5.56 Å². The highest BCUT2D eigenvalue weighted by molar-refractivity contribution is 7.22. The van der Waals surface area contributed by atoms with Crippen LogP contribution in [0.4, 0.5) is 4.39 Å². The van der Waals surface area contributed by atoms with Crippen LogP contribution in [0.5, 0.6) is 0 Å². The van der Waals surface area contributed by atoms with Gasteiger partial charge < -0.3 is 9.84 Å². The second kappa shape index (κ2) is 8.44. The zero-order chi connectivity index (χ0) is 22.2. The van der Waals surface area contributed by atoms with Crippen LogP contribution in [0.25, 0.3) is 20.7 Å². The molecule has 166 valence electrons. The van der Waals surface area contributed by atoms with Crippen LogP contribution in [0, 0.1) is 5.82 Å². The summed E-state index contributed by atoms with van der Waals surface area (Å²) in [6.07, 6.45) is 2.03. The largest absolute Gasteiger partial charge is 0.337 e. The first kappa shape index (κ1) is 20.8. The molecule has 5 rings (SSSR count). The second-order valence-corrected chi connectivity index (χ2v) is 8.87. The van der Waals surface area contributed by atoms with E-state index in [1.807, 2.05) is 6.92 Å². The maximum atomic E-state index is 13.5. The average molecular weight is 456 g/mol. The van der Waals surface area contributed by atoms with Gasteiger partial charge in [-0.3, -0.25) is 13.9 Å². The van der Waals surface area contributed by atoms with Crippen molar-refractivity contribution in [3.63, 3.8) is 0 Å². The van der Waals surface area contributed by atoms with Crippen molar-refractivity contribution >= 4 is 21.6 Å². The molecule has 0 amide bonds. The van der Waals surface area contributed by atoms with Gasteiger partial charge in [0.1, 0.15) is 17.1 Å². The molecule has 0 atom stereocenters. The molecule has 1 aliphatic heterocycles. The molecule has 3 aromatic heterocycles. The lowest BCUT2D eigenvalue weighted by Gasteiger charge is -2.24. The molecule has 4 heterocycles. The molecule has 1 N–H and O–H groups in total. The molecule has 0 radical (unpaired) electrons. The van der Waals surface area contributed by atoms with E-state index in [1.54, 1.807) is 18.2 Å². The smallest absolute Gasteiger partial charge is 0.332 e. The normalized spacial score (nSPS) is 14.9. The molecule has 8 nitrogen and oxygen atoms in total. The maximum absolute atomic E-state index is 13.5. The minimum Gasteiger partial charge on any atom is -0.337 e. The summed E-state index contributed by atoms with van der Waals surface area (Å²) in [7, 11) is 0. The Balaban J connectivity index is 1.71. The van der Waals surface area contributed by atoms with E-state index in [-0.39, 0.29) is 29.7 Å². The SMILES string of the molecule is CCc1noc(Cn2c(=O)n(C3CCNCC3)c(=O)c3sc(-c4ccc(F)cc4)cc32)n1. The fraction of sp³-hybridized carbons (Fsp3) is 0.364. The van der Waals surface area contributed by atoms with Crippen molar-refractivity contribution in [3.05, 3.63) is 68.7 Å². The Kier molecular flexibility index (Phi) is 5.48. The first-order valence-electron chi connectivity index (χ1n) is 10.6. The van der Waals surface area contributed by atoms with E-state index in [1.165, 1.54) is 32.6 Å². The van der Waals surface area contributed by atoms with Crippen molar-refractivity contribution < 1.29 is 8.91 Å². The van der Waals surface area contributed by atoms with Crippen LogP contribution in [0.15, 0.2) is 44.4 Å². The van der Waals surface area contributed by atoms with Crippen molar-refractivity contribution in [3.8, 4) is 10.4 Å². The Labute approximate surface area is 186 Å². The molecule has 1 saturated heterocycles. The van der Waals surface area contributed by atoms with Crippen LogP contribution in [0.2, 0.25) is 0 Å². The number of rotatable bonds is 5. The number of hydrogen-bond acceptors (Lipinski definition) is 7. The van der Waals surface area contributed by atoms with Gasteiger partial charge >= 0.3 is 5.69 Å². The Hall–Kier alpha value is -3.11. The Morgan fingerprint density at radius 3 is 2.66 bits per heavy atom. The average Bonchev–Trinajstić information content (AvgIpc) is 3.45. The summed E-state index contributed by atoms with van der Waals surface area (Å²) >= 11 is 1.31.